The van der Waals surface area contributed by atoms with Crippen molar-refractivity contribution in [2.75, 3.05) is 50.5 Å². The maximum atomic E-state index is 11.7. The maximum absolute atomic E-state index is 11.7. The molecule has 0 radical (unpaired) electrons. The van der Waals surface area contributed by atoms with Gasteiger partial charge in [-0.15, -0.1) is 0 Å². The van der Waals surface area contributed by atoms with Gasteiger partial charge < -0.3 is 25.4 Å². The van der Waals surface area contributed by atoms with Crippen LogP contribution in [0.4, 0.5) is 16.2 Å². The van der Waals surface area contributed by atoms with Crippen LogP contribution < -0.4 is 15.4 Å². The molecule has 0 spiro atoms. The first-order valence-corrected chi connectivity index (χ1v) is 11.6. The molecule has 0 aromatic heterocycles. The van der Waals surface area contributed by atoms with Gasteiger partial charge in [0.15, 0.2) is 0 Å². The highest BCUT2D eigenvalue weighted by Crippen LogP contribution is 2.47. The quantitative estimate of drug-likeness (QED) is 0.707. The van der Waals surface area contributed by atoms with Gasteiger partial charge in [-0.3, -0.25) is 4.90 Å². The summed E-state index contributed by atoms with van der Waals surface area (Å²) >= 11 is 0. The predicted octanol–water partition coefficient (Wildman–Crippen LogP) is 3.83. The average Bonchev–Trinajstić information content (AvgIpc) is 3.58. The Bertz CT molecular complexity index is 810. The highest BCUT2D eigenvalue weighted by molar-refractivity contribution is 5.69. The van der Waals surface area contributed by atoms with Crippen LogP contribution in [0.1, 0.15) is 57.9 Å². The molecule has 3 fully saturated rings. The first-order chi connectivity index (χ1) is 14.7. The molecule has 0 bridgehead atoms. The van der Waals surface area contributed by atoms with Gasteiger partial charge in [0.25, 0.3) is 0 Å². The smallest absolute Gasteiger partial charge is 0.407 e. The Morgan fingerprint density at radius 3 is 2.32 bits per heavy atom. The van der Waals surface area contributed by atoms with Crippen molar-refractivity contribution < 1.29 is 14.6 Å². The molecule has 2 aliphatic heterocycles. The van der Waals surface area contributed by atoms with E-state index in [2.05, 4.69) is 42.7 Å². The Labute approximate surface area is 186 Å². The van der Waals surface area contributed by atoms with Crippen molar-refractivity contribution in [3.63, 3.8) is 0 Å². The lowest BCUT2D eigenvalue weighted by Crippen LogP contribution is -2.62. The van der Waals surface area contributed by atoms with Gasteiger partial charge in [-0.05, 0) is 48.6 Å². The molecule has 4 rings (SSSR count). The van der Waals surface area contributed by atoms with E-state index in [-0.39, 0.29) is 11.5 Å². The second kappa shape index (κ2) is 8.41. The minimum Gasteiger partial charge on any atom is -0.495 e. The molecule has 2 heterocycles. The summed E-state index contributed by atoms with van der Waals surface area (Å²) in [5.41, 5.74) is 9.52. The molecule has 172 valence electrons. The molecule has 1 amide bonds. The Kier molecular flexibility index (Phi) is 5.99. The lowest BCUT2D eigenvalue weighted by atomic mass is 9.83. The van der Waals surface area contributed by atoms with E-state index < -0.39 is 6.09 Å². The molecule has 1 aliphatic carbocycles. The average molecular weight is 431 g/mol. The van der Waals surface area contributed by atoms with Crippen LogP contribution in [0.3, 0.4) is 0 Å². The maximum Gasteiger partial charge on any atom is 0.407 e. The molecule has 1 atom stereocenters. The molecular weight excluding hydrogens is 392 g/mol. The first-order valence-electron chi connectivity index (χ1n) is 11.6. The van der Waals surface area contributed by atoms with Crippen LogP contribution in [0.2, 0.25) is 0 Å². The monoisotopic (exact) mass is 430 g/mol. The summed E-state index contributed by atoms with van der Waals surface area (Å²) in [6.45, 7) is 10.7. The Hall–Kier alpha value is -2.15. The number of hydrogen-bond donors (Lipinski definition) is 2. The number of hydrogen-bond acceptors (Lipinski definition) is 5. The molecule has 1 unspecified atom stereocenters. The number of amides is 1. The Morgan fingerprint density at radius 2 is 1.77 bits per heavy atom. The summed E-state index contributed by atoms with van der Waals surface area (Å²) in [6, 6.07) is 4.79. The van der Waals surface area contributed by atoms with Gasteiger partial charge in [0, 0.05) is 50.5 Å². The summed E-state index contributed by atoms with van der Waals surface area (Å²) < 4.78 is 5.51. The fraction of sp³-hybridized carbons (Fsp3) is 0.708. The number of nitrogens with two attached hydrogens (primary N) is 1. The zero-order valence-corrected chi connectivity index (χ0v) is 19.4. The Balaban J connectivity index is 1.44. The highest BCUT2D eigenvalue weighted by Gasteiger charge is 2.40. The van der Waals surface area contributed by atoms with Crippen LogP contribution in [0.15, 0.2) is 12.1 Å². The van der Waals surface area contributed by atoms with Crippen molar-refractivity contribution >= 4 is 17.5 Å². The molecule has 3 aliphatic rings. The number of nitrogen functional groups attached to an aromatic ring is 1. The number of piperazine rings is 1. The molecule has 2 saturated heterocycles. The third kappa shape index (κ3) is 4.56. The van der Waals surface area contributed by atoms with Gasteiger partial charge in [0.05, 0.1) is 18.8 Å². The standard InChI is InChI=1S/C24H38N4O3/c1-24(2,3)22-15-27(11-12-28(22)23(29)30)17-7-9-26(10-8-17)20-14-21(31-4)19(25)13-18(20)16-5-6-16/h13-14,16-17,22H,5-12,15,25H2,1-4H3,(H,29,30). The van der Waals surface area contributed by atoms with Crippen LogP contribution in [0.25, 0.3) is 0 Å². The van der Waals surface area contributed by atoms with Crippen molar-refractivity contribution in [1.29, 1.82) is 0 Å². The zero-order valence-electron chi connectivity index (χ0n) is 19.4. The molecule has 1 saturated carbocycles. The third-order valence-corrected chi connectivity index (χ3v) is 7.37. The summed E-state index contributed by atoms with van der Waals surface area (Å²) in [5.74, 6) is 1.40. The zero-order chi connectivity index (χ0) is 22.3. The SMILES string of the molecule is COc1cc(N2CCC(N3CCN(C(=O)O)C(C(C)(C)C)C3)CC2)c(C2CC2)cc1N. The van der Waals surface area contributed by atoms with Crippen molar-refractivity contribution in [3.05, 3.63) is 17.7 Å². The summed E-state index contributed by atoms with van der Waals surface area (Å²) in [5, 5.41) is 9.65. The van der Waals surface area contributed by atoms with Crippen LogP contribution in [-0.2, 0) is 0 Å². The fourth-order valence-corrected chi connectivity index (χ4v) is 5.35. The number of rotatable bonds is 4. The van der Waals surface area contributed by atoms with Crippen molar-refractivity contribution in [2.24, 2.45) is 5.41 Å². The van der Waals surface area contributed by atoms with Crippen LogP contribution in [0.5, 0.6) is 5.75 Å². The summed E-state index contributed by atoms with van der Waals surface area (Å²) in [4.78, 5) is 18.4. The van der Waals surface area contributed by atoms with Crippen LogP contribution in [-0.4, -0.2) is 72.9 Å². The van der Waals surface area contributed by atoms with Crippen LogP contribution >= 0.6 is 0 Å². The third-order valence-electron chi connectivity index (χ3n) is 7.37. The molecule has 1 aromatic rings. The normalized spacial score (nSPS) is 23.8. The molecule has 3 N–H and O–H groups in total. The van der Waals surface area contributed by atoms with Crippen molar-refractivity contribution in [2.45, 2.75) is 64.5 Å². The van der Waals surface area contributed by atoms with E-state index in [1.54, 1.807) is 12.0 Å². The van der Waals surface area contributed by atoms with E-state index in [1.807, 2.05) is 0 Å². The number of anilines is 2. The van der Waals surface area contributed by atoms with E-state index >= 15 is 0 Å². The van der Waals surface area contributed by atoms with E-state index in [0.29, 0.717) is 18.5 Å². The Morgan fingerprint density at radius 1 is 1.10 bits per heavy atom. The number of benzene rings is 1. The van der Waals surface area contributed by atoms with Gasteiger partial charge >= 0.3 is 6.09 Å². The van der Waals surface area contributed by atoms with E-state index in [1.165, 1.54) is 24.1 Å². The minimum absolute atomic E-state index is 0.0274. The molecule has 7 heteroatoms. The largest absolute Gasteiger partial charge is 0.495 e. The van der Waals surface area contributed by atoms with Gasteiger partial charge in [0.2, 0.25) is 0 Å². The first kappa shape index (κ1) is 22.1. The molecule has 7 nitrogen and oxygen atoms in total. The highest BCUT2D eigenvalue weighted by atomic mass is 16.5. The number of methoxy groups -OCH3 is 1. The molecular formula is C24H38N4O3. The number of carboxylic acid groups (broad SMARTS) is 1. The van der Waals surface area contributed by atoms with Gasteiger partial charge in [0.1, 0.15) is 5.75 Å². The summed E-state index contributed by atoms with van der Waals surface area (Å²) in [6.07, 6.45) is 3.90. The molecule has 31 heavy (non-hydrogen) atoms. The van der Waals surface area contributed by atoms with E-state index in [4.69, 9.17) is 10.5 Å². The summed E-state index contributed by atoms with van der Waals surface area (Å²) in [7, 11) is 1.68. The number of piperidine rings is 1. The fourth-order valence-electron chi connectivity index (χ4n) is 5.35. The predicted molar refractivity (Wildman–Crippen MR) is 124 cm³/mol. The van der Waals surface area contributed by atoms with Crippen molar-refractivity contribution in [3.8, 4) is 5.75 Å². The lowest BCUT2D eigenvalue weighted by molar-refractivity contribution is 0.00182. The topological polar surface area (TPSA) is 82.3 Å². The van der Waals surface area contributed by atoms with Gasteiger partial charge in [-0.25, -0.2) is 4.79 Å². The number of carbonyl (C=O) groups is 1. The van der Waals surface area contributed by atoms with E-state index in [9.17, 15) is 9.90 Å². The minimum atomic E-state index is -0.792. The molecule has 1 aromatic carbocycles. The second-order valence-corrected chi connectivity index (χ2v) is 10.5. The number of nitrogens with zero attached hydrogens (tertiary/aromatic N) is 3. The second-order valence-electron chi connectivity index (χ2n) is 10.5. The van der Waals surface area contributed by atoms with Gasteiger partial charge in [-0.1, -0.05) is 20.8 Å². The van der Waals surface area contributed by atoms with Gasteiger partial charge in [-0.2, -0.15) is 0 Å². The van der Waals surface area contributed by atoms with Crippen molar-refractivity contribution in [1.82, 2.24) is 9.80 Å². The van der Waals surface area contributed by atoms with E-state index in [0.717, 1.165) is 50.5 Å². The lowest BCUT2D eigenvalue weighted by Gasteiger charge is -2.49. The number of ether oxygens (including phenoxy) is 1. The van der Waals surface area contributed by atoms with Crippen LogP contribution in [0, 0.1) is 5.41 Å².